The largest absolute Gasteiger partial charge is 0.497 e. The standard InChI is InChI=1S/C22H21NO4/c1-14(24)17-5-4-6-19(11-17)23-22(25)15(2)27-21-10-8-16-7-9-20(26-3)12-18(16)13-21/h4-13,15H,1-3H3,(H,23,25)/t15-/m1/s1. The molecule has 0 aromatic heterocycles. The summed E-state index contributed by atoms with van der Waals surface area (Å²) in [6, 6.07) is 18.2. The van der Waals surface area contributed by atoms with Gasteiger partial charge in [-0.25, -0.2) is 0 Å². The van der Waals surface area contributed by atoms with Gasteiger partial charge in [0.05, 0.1) is 7.11 Å². The lowest BCUT2D eigenvalue weighted by Crippen LogP contribution is -2.30. The van der Waals surface area contributed by atoms with E-state index in [1.54, 1.807) is 38.3 Å². The molecule has 0 saturated carbocycles. The van der Waals surface area contributed by atoms with E-state index < -0.39 is 6.10 Å². The zero-order valence-electron chi connectivity index (χ0n) is 15.5. The fraction of sp³-hybridized carbons (Fsp3) is 0.182. The fourth-order valence-electron chi connectivity index (χ4n) is 2.72. The maximum Gasteiger partial charge on any atom is 0.265 e. The number of ketones is 1. The molecule has 0 spiro atoms. The van der Waals surface area contributed by atoms with Gasteiger partial charge in [0.1, 0.15) is 11.5 Å². The second-order valence-electron chi connectivity index (χ2n) is 6.26. The van der Waals surface area contributed by atoms with E-state index in [0.29, 0.717) is 17.0 Å². The Hall–Kier alpha value is -3.34. The number of benzene rings is 3. The number of carbonyl (C=O) groups excluding carboxylic acids is 2. The molecular weight excluding hydrogens is 342 g/mol. The molecular formula is C22H21NO4. The summed E-state index contributed by atoms with van der Waals surface area (Å²) in [5, 5.41) is 4.80. The van der Waals surface area contributed by atoms with E-state index in [-0.39, 0.29) is 11.7 Å². The number of carbonyl (C=O) groups is 2. The summed E-state index contributed by atoms with van der Waals surface area (Å²) in [6.45, 7) is 3.17. The van der Waals surface area contributed by atoms with Crippen LogP contribution in [0.5, 0.6) is 11.5 Å². The summed E-state index contributed by atoms with van der Waals surface area (Å²) in [5.74, 6) is 1.01. The first-order valence-electron chi connectivity index (χ1n) is 8.62. The van der Waals surface area contributed by atoms with Crippen LogP contribution in [0.25, 0.3) is 10.8 Å². The number of hydrogen-bond acceptors (Lipinski definition) is 4. The molecule has 3 aromatic carbocycles. The summed E-state index contributed by atoms with van der Waals surface area (Å²) in [5.41, 5.74) is 1.11. The van der Waals surface area contributed by atoms with Crippen LogP contribution in [0.2, 0.25) is 0 Å². The number of ether oxygens (including phenoxy) is 2. The molecule has 27 heavy (non-hydrogen) atoms. The van der Waals surface area contributed by atoms with Crippen molar-refractivity contribution in [1.29, 1.82) is 0 Å². The summed E-state index contributed by atoms with van der Waals surface area (Å²) < 4.78 is 11.0. The van der Waals surface area contributed by atoms with E-state index >= 15 is 0 Å². The van der Waals surface area contributed by atoms with Crippen molar-refractivity contribution in [3.05, 3.63) is 66.2 Å². The van der Waals surface area contributed by atoms with Gasteiger partial charge < -0.3 is 14.8 Å². The fourth-order valence-corrected chi connectivity index (χ4v) is 2.72. The topological polar surface area (TPSA) is 64.6 Å². The van der Waals surface area contributed by atoms with E-state index in [2.05, 4.69) is 5.32 Å². The molecule has 0 saturated heterocycles. The third-order valence-electron chi connectivity index (χ3n) is 4.24. The number of nitrogens with one attached hydrogen (secondary N) is 1. The van der Waals surface area contributed by atoms with Gasteiger partial charge in [0.25, 0.3) is 5.91 Å². The molecule has 3 rings (SSSR count). The number of fused-ring (bicyclic) bond motifs is 1. The SMILES string of the molecule is COc1ccc2ccc(O[C@H](C)C(=O)Nc3cccc(C(C)=O)c3)cc2c1. The van der Waals surface area contributed by atoms with E-state index in [1.165, 1.54) is 6.92 Å². The van der Waals surface area contributed by atoms with Gasteiger partial charge in [0.15, 0.2) is 11.9 Å². The zero-order chi connectivity index (χ0) is 19.4. The molecule has 0 aliphatic rings. The first-order chi connectivity index (χ1) is 13.0. The van der Waals surface area contributed by atoms with Crippen LogP contribution in [-0.2, 0) is 4.79 Å². The van der Waals surface area contributed by atoms with Crippen LogP contribution < -0.4 is 14.8 Å². The molecule has 5 heteroatoms. The molecule has 0 fully saturated rings. The quantitative estimate of drug-likeness (QED) is 0.657. The third kappa shape index (κ3) is 4.44. The van der Waals surface area contributed by atoms with Gasteiger partial charge in [-0.15, -0.1) is 0 Å². The maximum atomic E-state index is 12.4. The lowest BCUT2D eigenvalue weighted by Gasteiger charge is -2.15. The Morgan fingerprint density at radius 2 is 1.63 bits per heavy atom. The van der Waals surface area contributed by atoms with Crippen LogP contribution in [0.1, 0.15) is 24.2 Å². The van der Waals surface area contributed by atoms with Crippen molar-refractivity contribution < 1.29 is 19.1 Å². The number of hydrogen-bond donors (Lipinski definition) is 1. The van der Waals surface area contributed by atoms with Gasteiger partial charge >= 0.3 is 0 Å². The van der Waals surface area contributed by atoms with Crippen molar-refractivity contribution in [2.45, 2.75) is 20.0 Å². The van der Waals surface area contributed by atoms with E-state index in [0.717, 1.165) is 16.5 Å². The van der Waals surface area contributed by atoms with Gasteiger partial charge in [0, 0.05) is 11.3 Å². The minimum Gasteiger partial charge on any atom is -0.497 e. The average molecular weight is 363 g/mol. The van der Waals surface area contributed by atoms with Crippen molar-refractivity contribution in [2.24, 2.45) is 0 Å². The Labute approximate surface area is 157 Å². The highest BCUT2D eigenvalue weighted by atomic mass is 16.5. The molecule has 5 nitrogen and oxygen atoms in total. The van der Waals surface area contributed by atoms with Crippen molar-refractivity contribution >= 4 is 28.2 Å². The van der Waals surface area contributed by atoms with Crippen LogP contribution >= 0.6 is 0 Å². The predicted molar refractivity (Wildman–Crippen MR) is 106 cm³/mol. The van der Waals surface area contributed by atoms with Gasteiger partial charge in [-0.05, 0) is 61.0 Å². The van der Waals surface area contributed by atoms with E-state index in [9.17, 15) is 9.59 Å². The third-order valence-corrected chi connectivity index (χ3v) is 4.24. The van der Waals surface area contributed by atoms with E-state index in [1.807, 2.05) is 36.4 Å². The Morgan fingerprint density at radius 3 is 2.33 bits per heavy atom. The Bertz CT molecular complexity index is 997. The number of rotatable bonds is 6. The Kier molecular flexibility index (Phi) is 5.41. The molecule has 0 aliphatic carbocycles. The Balaban J connectivity index is 1.71. The minimum atomic E-state index is -0.700. The first kappa shape index (κ1) is 18.5. The van der Waals surface area contributed by atoms with Gasteiger partial charge in [0.2, 0.25) is 0 Å². The van der Waals surface area contributed by atoms with Crippen LogP contribution in [0.15, 0.2) is 60.7 Å². The van der Waals surface area contributed by atoms with Gasteiger partial charge in [-0.1, -0.05) is 24.3 Å². The molecule has 138 valence electrons. The molecule has 0 heterocycles. The number of amides is 1. The minimum absolute atomic E-state index is 0.0537. The molecule has 0 aliphatic heterocycles. The highest BCUT2D eigenvalue weighted by Gasteiger charge is 2.15. The zero-order valence-corrected chi connectivity index (χ0v) is 15.5. The summed E-state index contributed by atoms with van der Waals surface area (Å²) in [7, 11) is 1.62. The van der Waals surface area contributed by atoms with Crippen LogP contribution in [0.4, 0.5) is 5.69 Å². The number of Topliss-reactive ketones (excluding diaryl/α,β-unsaturated/α-hetero) is 1. The summed E-state index contributed by atoms with van der Waals surface area (Å²) in [4.78, 5) is 23.9. The van der Waals surface area contributed by atoms with Crippen LogP contribution in [0.3, 0.4) is 0 Å². The Morgan fingerprint density at radius 1 is 0.926 bits per heavy atom. The molecule has 0 bridgehead atoms. The molecule has 0 radical (unpaired) electrons. The second-order valence-corrected chi connectivity index (χ2v) is 6.26. The van der Waals surface area contributed by atoms with Crippen LogP contribution in [0, 0.1) is 0 Å². The van der Waals surface area contributed by atoms with Crippen molar-refractivity contribution in [1.82, 2.24) is 0 Å². The summed E-state index contributed by atoms with van der Waals surface area (Å²) in [6.07, 6.45) is -0.700. The second kappa shape index (κ2) is 7.91. The highest BCUT2D eigenvalue weighted by Crippen LogP contribution is 2.25. The van der Waals surface area contributed by atoms with Crippen molar-refractivity contribution in [2.75, 3.05) is 12.4 Å². The molecule has 3 aromatic rings. The molecule has 1 atom stereocenters. The average Bonchev–Trinajstić information content (AvgIpc) is 2.67. The van der Waals surface area contributed by atoms with Gasteiger partial charge in [-0.3, -0.25) is 9.59 Å². The van der Waals surface area contributed by atoms with Crippen molar-refractivity contribution in [3.63, 3.8) is 0 Å². The van der Waals surface area contributed by atoms with Gasteiger partial charge in [-0.2, -0.15) is 0 Å². The highest BCUT2D eigenvalue weighted by molar-refractivity contribution is 5.98. The number of anilines is 1. The number of methoxy groups -OCH3 is 1. The van der Waals surface area contributed by atoms with Crippen LogP contribution in [-0.4, -0.2) is 24.9 Å². The monoisotopic (exact) mass is 363 g/mol. The normalized spacial score (nSPS) is 11.7. The molecule has 1 N–H and O–H groups in total. The molecule has 1 amide bonds. The lowest BCUT2D eigenvalue weighted by molar-refractivity contribution is -0.122. The first-order valence-corrected chi connectivity index (χ1v) is 8.62. The van der Waals surface area contributed by atoms with E-state index in [4.69, 9.17) is 9.47 Å². The predicted octanol–water partition coefficient (Wildman–Crippen LogP) is 4.46. The molecule has 0 unspecified atom stereocenters. The summed E-state index contributed by atoms with van der Waals surface area (Å²) >= 11 is 0. The lowest BCUT2D eigenvalue weighted by atomic mass is 10.1. The smallest absolute Gasteiger partial charge is 0.265 e. The maximum absolute atomic E-state index is 12.4. The van der Waals surface area contributed by atoms with Crippen molar-refractivity contribution in [3.8, 4) is 11.5 Å².